The van der Waals surface area contributed by atoms with E-state index in [4.69, 9.17) is 11.6 Å². The van der Waals surface area contributed by atoms with Gasteiger partial charge in [0.25, 0.3) is 5.56 Å². The maximum Gasteiger partial charge on any atom is 0.266 e. The van der Waals surface area contributed by atoms with Gasteiger partial charge in [-0.15, -0.1) is 0 Å². The van der Waals surface area contributed by atoms with Crippen LogP contribution in [-0.4, -0.2) is 25.1 Å². The molecule has 0 aliphatic heterocycles. The van der Waals surface area contributed by atoms with Crippen molar-refractivity contribution in [1.82, 2.24) is 9.71 Å². The molecule has 0 spiro atoms. The second-order valence-corrected chi connectivity index (χ2v) is 6.40. The summed E-state index contributed by atoms with van der Waals surface area (Å²) in [4.78, 5) is 13.2. The Bertz CT molecular complexity index is 774. The highest BCUT2D eigenvalue weighted by atomic mass is 35.5. The molecule has 2 rings (SSSR count). The van der Waals surface area contributed by atoms with Crippen molar-refractivity contribution in [1.29, 1.82) is 0 Å². The van der Waals surface area contributed by atoms with Crippen LogP contribution in [0, 0.1) is 0 Å². The number of aromatic amines is 1. The fourth-order valence-corrected chi connectivity index (χ4v) is 3.19. The molecule has 1 heterocycles. The number of aliphatic hydroxyl groups excluding tert-OH is 1. The monoisotopic (exact) mass is 328 g/mol. The standard InChI is InChI=1S/C13H13ClN2O4S/c14-11-6-10(7-15-13(11)18)21(19,20)16-12(8-17)9-4-2-1-3-5-9/h1-7,12,16-17H,8H2,(H,15,18)/t12-/m0/s1. The smallest absolute Gasteiger partial charge is 0.266 e. The Balaban J connectivity index is 2.31. The number of sulfonamides is 1. The molecule has 0 amide bonds. The summed E-state index contributed by atoms with van der Waals surface area (Å²) < 4.78 is 26.8. The molecular formula is C13H13ClN2O4S. The van der Waals surface area contributed by atoms with E-state index in [2.05, 4.69) is 9.71 Å². The summed E-state index contributed by atoms with van der Waals surface area (Å²) >= 11 is 5.62. The van der Waals surface area contributed by atoms with Gasteiger partial charge in [0.1, 0.15) is 5.02 Å². The summed E-state index contributed by atoms with van der Waals surface area (Å²) in [5, 5.41) is 9.15. The van der Waals surface area contributed by atoms with Crippen LogP contribution in [0.1, 0.15) is 11.6 Å². The number of halogens is 1. The van der Waals surface area contributed by atoms with Crippen LogP contribution in [0.2, 0.25) is 5.02 Å². The van der Waals surface area contributed by atoms with Gasteiger partial charge in [-0.3, -0.25) is 4.79 Å². The van der Waals surface area contributed by atoms with Gasteiger partial charge in [-0.25, -0.2) is 13.1 Å². The Morgan fingerprint density at radius 1 is 1.29 bits per heavy atom. The predicted octanol–water partition coefficient (Wildman–Crippen LogP) is 1.04. The van der Waals surface area contributed by atoms with Gasteiger partial charge in [-0.2, -0.15) is 0 Å². The first-order valence-electron chi connectivity index (χ1n) is 6.00. The van der Waals surface area contributed by atoms with Crippen molar-refractivity contribution in [2.75, 3.05) is 6.61 Å². The van der Waals surface area contributed by atoms with Gasteiger partial charge in [-0.1, -0.05) is 41.9 Å². The first-order chi connectivity index (χ1) is 9.94. The SMILES string of the molecule is O=c1[nH]cc(S(=O)(=O)N[C@@H](CO)c2ccccc2)cc1Cl. The molecule has 112 valence electrons. The van der Waals surface area contributed by atoms with E-state index in [0.29, 0.717) is 5.56 Å². The van der Waals surface area contributed by atoms with E-state index >= 15 is 0 Å². The van der Waals surface area contributed by atoms with Crippen LogP contribution in [0.5, 0.6) is 0 Å². The molecule has 1 atom stereocenters. The highest BCUT2D eigenvalue weighted by Gasteiger charge is 2.21. The average Bonchev–Trinajstić information content (AvgIpc) is 2.48. The van der Waals surface area contributed by atoms with Crippen molar-refractivity contribution in [2.24, 2.45) is 0 Å². The third-order valence-electron chi connectivity index (χ3n) is 2.82. The lowest BCUT2D eigenvalue weighted by Gasteiger charge is -2.16. The molecule has 0 saturated heterocycles. The Hall–Kier alpha value is -1.67. The zero-order valence-corrected chi connectivity index (χ0v) is 12.4. The number of nitrogens with one attached hydrogen (secondary N) is 2. The molecule has 0 fully saturated rings. The first-order valence-corrected chi connectivity index (χ1v) is 7.86. The second kappa shape index (κ2) is 6.40. The fourth-order valence-electron chi connectivity index (χ4n) is 1.74. The lowest BCUT2D eigenvalue weighted by molar-refractivity contribution is 0.259. The van der Waals surface area contributed by atoms with Gasteiger partial charge in [0, 0.05) is 6.20 Å². The number of aliphatic hydroxyl groups is 1. The van der Waals surface area contributed by atoms with Crippen LogP contribution >= 0.6 is 11.6 Å². The minimum absolute atomic E-state index is 0.179. The lowest BCUT2D eigenvalue weighted by atomic mass is 10.1. The molecule has 2 aromatic rings. The van der Waals surface area contributed by atoms with E-state index in [1.807, 2.05) is 0 Å². The molecule has 0 aliphatic rings. The highest BCUT2D eigenvalue weighted by Crippen LogP contribution is 2.17. The van der Waals surface area contributed by atoms with E-state index < -0.39 is 28.2 Å². The van der Waals surface area contributed by atoms with Crippen molar-refractivity contribution in [3.8, 4) is 0 Å². The number of hydrogen-bond acceptors (Lipinski definition) is 4. The number of rotatable bonds is 5. The predicted molar refractivity (Wildman–Crippen MR) is 78.7 cm³/mol. The molecule has 6 nitrogen and oxygen atoms in total. The second-order valence-electron chi connectivity index (χ2n) is 4.28. The average molecular weight is 329 g/mol. The van der Waals surface area contributed by atoms with Gasteiger partial charge >= 0.3 is 0 Å². The van der Waals surface area contributed by atoms with Crippen LogP contribution in [0.4, 0.5) is 0 Å². The third kappa shape index (κ3) is 3.70. The normalized spacial score (nSPS) is 13.0. The number of hydrogen-bond donors (Lipinski definition) is 3. The minimum Gasteiger partial charge on any atom is -0.394 e. The molecule has 1 aromatic heterocycles. The quantitative estimate of drug-likeness (QED) is 0.763. The Morgan fingerprint density at radius 2 is 1.95 bits per heavy atom. The van der Waals surface area contributed by atoms with E-state index in [0.717, 1.165) is 12.3 Å². The van der Waals surface area contributed by atoms with Crippen molar-refractivity contribution >= 4 is 21.6 Å². The van der Waals surface area contributed by atoms with Gasteiger partial charge in [0.2, 0.25) is 10.0 Å². The van der Waals surface area contributed by atoms with Crippen LogP contribution in [0.25, 0.3) is 0 Å². The van der Waals surface area contributed by atoms with Crippen LogP contribution in [0.15, 0.2) is 52.3 Å². The highest BCUT2D eigenvalue weighted by molar-refractivity contribution is 7.89. The van der Waals surface area contributed by atoms with Crippen LogP contribution in [-0.2, 0) is 10.0 Å². The topological polar surface area (TPSA) is 99.3 Å². The fraction of sp³-hybridized carbons (Fsp3) is 0.154. The molecule has 0 saturated carbocycles. The third-order valence-corrected chi connectivity index (χ3v) is 4.56. The molecule has 3 N–H and O–H groups in total. The summed E-state index contributed by atoms with van der Waals surface area (Å²) in [5.41, 5.74) is 0.0523. The van der Waals surface area contributed by atoms with E-state index in [1.54, 1.807) is 30.3 Å². The zero-order chi connectivity index (χ0) is 15.5. The summed E-state index contributed by atoms with van der Waals surface area (Å²) in [7, 11) is -3.92. The lowest BCUT2D eigenvalue weighted by Crippen LogP contribution is -2.31. The summed E-state index contributed by atoms with van der Waals surface area (Å²) in [6.45, 7) is -0.402. The molecule has 0 unspecified atom stereocenters. The van der Waals surface area contributed by atoms with Crippen molar-refractivity contribution < 1.29 is 13.5 Å². The molecule has 1 aromatic carbocycles. The van der Waals surface area contributed by atoms with Gasteiger partial charge in [0.05, 0.1) is 17.5 Å². The van der Waals surface area contributed by atoms with E-state index in [1.165, 1.54) is 0 Å². The maximum atomic E-state index is 12.2. The van der Waals surface area contributed by atoms with Crippen LogP contribution in [0.3, 0.4) is 0 Å². The summed E-state index contributed by atoms with van der Waals surface area (Å²) in [5.74, 6) is 0. The number of benzene rings is 1. The van der Waals surface area contributed by atoms with Gasteiger partial charge < -0.3 is 10.1 Å². The van der Waals surface area contributed by atoms with Gasteiger partial charge in [0.15, 0.2) is 0 Å². The summed E-state index contributed by atoms with van der Waals surface area (Å²) in [6, 6.07) is 8.93. The number of aromatic nitrogens is 1. The largest absolute Gasteiger partial charge is 0.394 e. The van der Waals surface area contributed by atoms with Crippen molar-refractivity contribution in [2.45, 2.75) is 10.9 Å². The minimum atomic E-state index is -3.92. The molecule has 0 bridgehead atoms. The molecule has 8 heteroatoms. The molecular weight excluding hydrogens is 316 g/mol. The van der Waals surface area contributed by atoms with E-state index in [-0.39, 0.29) is 9.92 Å². The van der Waals surface area contributed by atoms with Crippen molar-refractivity contribution in [3.63, 3.8) is 0 Å². The van der Waals surface area contributed by atoms with E-state index in [9.17, 15) is 18.3 Å². The Kier molecular flexibility index (Phi) is 4.79. The van der Waals surface area contributed by atoms with Gasteiger partial charge in [-0.05, 0) is 11.6 Å². The molecule has 0 aliphatic carbocycles. The maximum absolute atomic E-state index is 12.2. The first kappa shape index (κ1) is 15.7. The summed E-state index contributed by atoms with van der Waals surface area (Å²) in [6.07, 6.45) is 1.05. The Labute approximate surface area is 126 Å². The molecule has 21 heavy (non-hydrogen) atoms. The Morgan fingerprint density at radius 3 is 2.52 bits per heavy atom. The van der Waals surface area contributed by atoms with Crippen molar-refractivity contribution in [3.05, 3.63) is 63.5 Å². The number of pyridine rings is 1. The number of H-pyrrole nitrogens is 1. The molecule has 0 radical (unpaired) electrons. The zero-order valence-electron chi connectivity index (χ0n) is 10.8. The van der Waals surface area contributed by atoms with Crippen LogP contribution < -0.4 is 10.3 Å².